The molecule has 0 aliphatic rings. The lowest BCUT2D eigenvalue weighted by Gasteiger charge is -2.11. The van der Waals surface area contributed by atoms with Gasteiger partial charge in [-0.05, 0) is 55.0 Å². The fourth-order valence-corrected chi connectivity index (χ4v) is 3.22. The van der Waals surface area contributed by atoms with Crippen LogP contribution in [0.2, 0.25) is 5.02 Å². The number of hydrogen-bond acceptors (Lipinski definition) is 5. The first kappa shape index (κ1) is 18.1. The van der Waals surface area contributed by atoms with Crippen LogP contribution in [-0.2, 0) is 19.6 Å². The van der Waals surface area contributed by atoms with Crippen molar-refractivity contribution < 1.29 is 22.7 Å². The number of sulfonamides is 1. The minimum Gasteiger partial charge on any atom is -0.482 e. The summed E-state index contributed by atoms with van der Waals surface area (Å²) in [5.41, 5.74) is 1.16. The molecule has 0 radical (unpaired) electrons. The molecule has 0 aliphatic heterocycles. The molecule has 0 heterocycles. The van der Waals surface area contributed by atoms with Crippen molar-refractivity contribution in [2.45, 2.75) is 11.8 Å². The SMILES string of the molecule is COC(=O)COc1ccc(S(=O)(=O)Nc2ccc(Cl)cc2C)cc1. The summed E-state index contributed by atoms with van der Waals surface area (Å²) in [6.45, 7) is 1.51. The molecule has 2 rings (SSSR count). The second-order valence-corrected chi connectivity index (χ2v) is 7.02. The van der Waals surface area contributed by atoms with Crippen molar-refractivity contribution in [3.8, 4) is 5.75 Å². The van der Waals surface area contributed by atoms with Crippen molar-refractivity contribution in [3.05, 3.63) is 53.1 Å². The van der Waals surface area contributed by atoms with E-state index in [1.165, 1.54) is 31.4 Å². The van der Waals surface area contributed by atoms with E-state index in [9.17, 15) is 13.2 Å². The number of rotatable bonds is 6. The zero-order valence-electron chi connectivity index (χ0n) is 13.1. The number of hydrogen-bond donors (Lipinski definition) is 1. The number of anilines is 1. The number of halogens is 1. The zero-order valence-corrected chi connectivity index (χ0v) is 14.6. The zero-order chi connectivity index (χ0) is 17.7. The van der Waals surface area contributed by atoms with Crippen molar-refractivity contribution >= 4 is 33.3 Å². The summed E-state index contributed by atoms with van der Waals surface area (Å²) in [6, 6.07) is 10.6. The van der Waals surface area contributed by atoms with Gasteiger partial charge in [-0.3, -0.25) is 4.72 Å². The van der Waals surface area contributed by atoms with Crippen LogP contribution in [0, 0.1) is 6.92 Å². The Labute approximate surface area is 145 Å². The molecule has 6 nitrogen and oxygen atoms in total. The van der Waals surface area contributed by atoms with Crippen LogP contribution in [-0.4, -0.2) is 28.1 Å². The molecule has 0 aliphatic carbocycles. The summed E-state index contributed by atoms with van der Waals surface area (Å²) in [5, 5.41) is 0.530. The van der Waals surface area contributed by atoms with Gasteiger partial charge in [-0.2, -0.15) is 0 Å². The average Bonchev–Trinajstić information content (AvgIpc) is 2.55. The molecule has 8 heteroatoms. The van der Waals surface area contributed by atoms with Gasteiger partial charge in [0, 0.05) is 5.02 Å². The Balaban J connectivity index is 2.13. The maximum absolute atomic E-state index is 12.4. The second-order valence-electron chi connectivity index (χ2n) is 4.90. The van der Waals surface area contributed by atoms with Crippen molar-refractivity contribution in [2.24, 2.45) is 0 Å². The lowest BCUT2D eigenvalue weighted by Crippen LogP contribution is -2.14. The minimum atomic E-state index is -3.74. The Morgan fingerprint density at radius 2 is 1.83 bits per heavy atom. The summed E-state index contributed by atoms with van der Waals surface area (Å²) < 4.78 is 36.9. The first-order valence-electron chi connectivity index (χ1n) is 6.90. The second kappa shape index (κ2) is 7.55. The lowest BCUT2D eigenvalue weighted by atomic mass is 10.2. The van der Waals surface area contributed by atoms with Gasteiger partial charge < -0.3 is 9.47 Å². The molecule has 0 saturated heterocycles. The molecule has 2 aromatic carbocycles. The number of methoxy groups -OCH3 is 1. The van der Waals surface area contributed by atoms with Crippen molar-refractivity contribution in [1.29, 1.82) is 0 Å². The molecule has 1 N–H and O–H groups in total. The molecule has 0 atom stereocenters. The average molecular weight is 370 g/mol. The summed E-state index contributed by atoms with van der Waals surface area (Å²) in [7, 11) is -2.49. The van der Waals surface area contributed by atoms with Crippen molar-refractivity contribution in [3.63, 3.8) is 0 Å². The highest BCUT2D eigenvalue weighted by Gasteiger charge is 2.15. The molecule has 0 fully saturated rings. The van der Waals surface area contributed by atoms with E-state index in [0.29, 0.717) is 22.0 Å². The molecule has 128 valence electrons. The van der Waals surface area contributed by atoms with E-state index in [4.69, 9.17) is 16.3 Å². The largest absolute Gasteiger partial charge is 0.482 e. The van der Waals surface area contributed by atoms with E-state index in [1.54, 1.807) is 25.1 Å². The molecule has 24 heavy (non-hydrogen) atoms. The van der Waals surface area contributed by atoms with Crippen LogP contribution in [0.15, 0.2) is 47.4 Å². The van der Waals surface area contributed by atoms with Gasteiger partial charge in [0.05, 0.1) is 17.7 Å². The highest BCUT2D eigenvalue weighted by Crippen LogP contribution is 2.23. The van der Waals surface area contributed by atoms with Gasteiger partial charge in [-0.15, -0.1) is 0 Å². The van der Waals surface area contributed by atoms with Crippen LogP contribution >= 0.6 is 11.6 Å². The maximum atomic E-state index is 12.4. The minimum absolute atomic E-state index is 0.0715. The molecular weight excluding hydrogens is 354 g/mol. The highest BCUT2D eigenvalue weighted by atomic mass is 35.5. The summed E-state index contributed by atoms with van der Waals surface area (Å²) >= 11 is 5.86. The van der Waals surface area contributed by atoms with Crippen LogP contribution in [0.5, 0.6) is 5.75 Å². The third kappa shape index (κ3) is 4.62. The van der Waals surface area contributed by atoms with Crippen LogP contribution in [0.1, 0.15) is 5.56 Å². The lowest BCUT2D eigenvalue weighted by molar-refractivity contribution is -0.142. The van der Waals surface area contributed by atoms with E-state index in [-0.39, 0.29) is 11.5 Å². The van der Waals surface area contributed by atoms with Gasteiger partial charge in [0.25, 0.3) is 10.0 Å². The monoisotopic (exact) mass is 369 g/mol. The molecule has 0 unspecified atom stereocenters. The number of benzene rings is 2. The van der Waals surface area contributed by atoms with Crippen molar-refractivity contribution in [1.82, 2.24) is 0 Å². The number of carbonyl (C=O) groups excluding carboxylic acids is 1. The van der Waals surface area contributed by atoms with Crippen molar-refractivity contribution in [2.75, 3.05) is 18.4 Å². The fraction of sp³-hybridized carbons (Fsp3) is 0.188. The van der Waals surface area contributed by atoms with Crippen LogP contribution in [0.3, 0.4) is 0 Å². The molecule has 2 aromatic rings. The predicted molar refractivity (Wildman–Crippen MR) is 91.0 cm³/mol. The number of nitrogens with one attached hydrogen (secondary N) is 1. The van der Waals surface area contributed by atoms with E-state index >= 15 is 0 Å². The van der Waals surface area contributed by atoms with Gasteiger partial charge in [0.2, 0.25) is 0 Å². The first-order valence-corrected chi connectivity index (χ1v) is 8.76. The number of esters is 1. The van der Waals surface area contributed by atoms with Crippen LogP contribution in [0.4, 0.5) is 5.69 Å². The predicted octanol–water partition coefficient (Wildman–Crippen LogP) is 3.00. The molecule has 0 saturated carbocycles. The molecule has 0 aromatic heterocycles. The summed E-state index contributed by atoms with van der Waals surface area (Å²) in [6.07, 6.45) is 0. The van der Waals surface area contributed by atoms with E-state index in [1.807, 2.05) is 0 Å². The molecule has 0 spiro atoms. The number of carbonyl (C=O) groups is 1. The standard InChI is InChI=1S/C16H16ClNO5S/c1-11-9-12(17)3-8-15(11)18-24(20,21)14-6-4-13(5-7-14)23-10-16(19)22-2/h3-9,18H,10H2,1-2H3. The number of aryl methyl sites for hydroxylation is 1. The number of ether oxygens (including phenoxy) is 2. The third-order valence-corrected chi connectivity index (χ3v) is 4.77. The first-order chi connectivity index (χ1) is 11.3. The van der Waals surface area contributed by atoms with Gasteiger partial charge in [0.15, 0.2) is 6.61 Å². The van der Waals surface area contributed by atoms with Gasteiger partial charge >= 0.3 is 5.97 Å². The Morgan fingerprint density at radius 3 is 2.42 bits per heavy atom. The summed E-state index contributed by atoms with van der Waals surface area (Å²) in [5.74, 6) is -0.159. The van der Waals surface area contributed by atoms with E-state index in [2.05, 4.69) is 9.46 Å². The molecule has 0 amide bonds. The smallest absolute Gasteiger partial charge is 0.343 e. The van der Waals surface area contributed by atoms with Crippen LogP contribution < -0.4 is 9.46 Å². The van der Waals surface area contributed by atoms with Gasteiger partial charge in [0.1, 0.15) is 5.75 Å². The normalized spacial score (nSPS) is 11.0. The highest BCUT2D eigenvalue weighted by molar-refractivity contribution is 7.92. The topological polar surface area (TPSA) is 81.7 Å². The van der Waals surface area contributed by atoms with Gasteiger partial charge in [-0.25, -0.2) is 13.2 Å². The van der Waals surface area contributed by atoms with E-state index < -0.39 is 16.0 Å². The molecule has 0 bridgehead atoms. The fourth-order valence-electron chi connectivity index (χ4n) is 1.86. The maximum Gasteiger partial charge on any atom is 0.343 e. The Hall–Kier alpha value is -2.25. The van der Waals surface area contributed by atoms with Gasteiger partial charge in [-0.1, -0.05) is 11.6 Å². The quantitative estimate of drug-likeness (QED) is 0.791. The van der Waals surface area contributed by atoms with E-state index in [0.717, 1.165) is 0 Å². The Kier molecular flexibility index (Phi) is 5.69. The third-order valence-electron chi connectivity index (χ3n) is 3.15. The Bertz CT molecular complexity index is 834. The van der Waals surface area contributed by atoms with Crippen LogP contribution in [0.25, 0.3) is 0 Å². The Morgan fingerprint density at radius 1 is 1.17 bits per heavy atom. The summed E-state index contributed by atoms with van der Waals surface area (Å²) in [4.78, 5) is 11.1. The molecular formula is C16H16ClNO5S.